The second kappa shape index (κ2) is 18.5. The van der Waals surface area contributed by atoms with Crippen LogP contribution < -0.4 is 15.9 Å². The first-order chi connectivity index (χ1) is 23.2. The van der Waals surface area contributed by atoms with E-state index in [1.807, 2.05) is 24.2 Å². The van der Waals surface area contributed by atoms with E-state index in [1.165, 1.54) is 0 Å². The first-order valence-electron chi connectivity index (χ1n) is 14.0. The topological polar surface area (TPSA) is 201 Å². The molecule has 2 radical (unpaired) electrons. The average Bonchev–Trinajstić information content (AvgIpc) is 3.74. The van der Waals surface area contributed by atoms with Crippen molar-refractivity contribution in [2.75, 3.05) is 14.2 Å². The maximum atomic E-state index is 10.7. The molecule has 4 N–H and O–H groups in total. The Balaban J connectivity index is 0.000000500. The number of hydrogen-bond acceptors (Lipinski definition) is 9. The molecule has 2 unspecified atom stereocenters. The standard InChI is InChI=1S/C29H18N4O3P2.2C2H5NO2.2V/c34-14-37-28-30-12-26(33-28)19-3-5-21-20(10-19)13-36-27-22-6-1-16(9-18(22)2-7-23(21)27)17-4-8-24-25(11-17)32-29(31-24)38-15-35;2*1-5-2(3)4;;/h1-12,37-38H,13H2,(H,30,33)(H,31,32);2*1H3,(H2,3,4);;/q-2;;;2*+2/p-2. The van der Waals surface area contributed by atoms with Crippen LogP contribution in [0, 0.1) is 0 Å². The van der Waals surface area contributed by atoms with E-state index in [4.69, 9.17) is 16.2 Å². The smallest absolute Gasteiger partial charge is 0.632 e. The molecule has 250 valence electrons. The molecule has 2 aromatic heterocycles. The van der Waals surface area contributed by atoms with Crippen molar-refractivity contribution in [1.82, 2.24) is 19.9 Å². The minimum absolute atomic E-state index is 0. The molecular weight excluding hydrogens is 756 g/mol. The third kappa shape index (κ3) is 9.40. The molecule has 0 bridgehead atoms. The molecule has 0 spiro atoms. The number of rotatable bonds is 6. The van der Waals surface area contributed by atoms with Gasteiger partial charge in [0.15, 0.2) is 0 Å². The van der Waals surface area contributed by atoms with Gasteiger partial charge in [-0.1, -0.05) is 42.5 Å². The van der Waals surface area contributed by atoms with Crippen LogP contribution >= 0.6 is 17.2 Å². The third-order valence-corrected chi connectivity index (χ3v) is 8.32. The zero-order chi connectivity index (χ0) is 34.2. The van der Waals surface area contributed by atoms with Crippen molar-refractivity contribution in [2.45, 2.75) is 6.61 Å². The second-order valence-electron chi connectivity index (χ2n) is 9.94. The first-order valence-corrected chi connectivity index (χ1v) is 16.0. The molecule has 1 aliphatic heterocycles. The Bertz CT molecular complexity index is 2140. The van der Waals surface area contributed by atoms with Gasteiger partial charge in [-0.3, -0.25) is 9.59 Å². The van der Waals surface area contributed by atoms with Crippen LogP contribution in [0.5, 0.6) is 5.75 Å². The molecule has 6 aromatic rings. The summed E-state index contributed by atoms with van der Waals surface area (Å²) in [7, 11) is 2.12. The Labute approximate surface area is 313 Å². The number of aromatic amines is 2. The number of H-pyrrole nitrogens is 2. The summed E-state index contributed by atoms with van der Waals surface area (Å²) < 4.78 is 13.9. The molecule has 1 aliphatic rings. The van der Waals surface area contributed by atoms with Gasteiger partial charge in [0.1, 0.15) is 12.4 Å². The van der Waals surface area contributed by atoms with Crippen molar-refractivity contribution in [3.63, 3.8) is 0 Å². The van der Waals surface area contributed by atoms with E-state index < -0.39 is 12.2 Å². The van der Waals surface area contributed by atoms with Crippen LogP contribution in [-0.4, -0.2) is 58.4 Å². The van der Waals surface area contributed by atoms with Gasteiger partial charge in [-0.15, -0.1) is 0 Å². The number of hydrogen-bond donors (Lipinski definition) is 2. The van der Waals surface area contributed by atoms with Gasteiger partial charge in [0.05, 0.1) is 48.3 Å². The fraction of sp³-hybridized carbons (Fsp3) is 0.0909. The predicted octanol–water partition coefficient (Wildman–Crippen LogP) is 6.68. The molecule has 17 heteroatoms. The van der Waals surface area contributed by atoms with E-state index >= 15 is 0 Å². The first kappa shape index (κ1) is 40.0. The molecule has 2 amide bonds. The van der Waals surface area contributed by atoms with Crippen molar-refractivity contribution < 1.29 is 70.5 Å². The number of fused-ring (bicyclic) bond motifs is 6. The largest absolute Gasteiger partial charge is 2.00 e. The van der Waals surface area contributed by atoms with Gasteiger partial charge >= 0.3 is 37.1 Å². The zero-order valence-corrected chi connectivity index (χ0v) is 31.1. The zero-order valence-electron chi connectivity index (χ0n) is 26.3. The van der Waals surface area contributed by atoms with Crippen LogP contribution in [0.2, 0.25) is 0 Å². The minimum Gasteiger partial charge on any atom is -0.632 e. The molecule has 50 heavy (non-hydrogen) atoms. The second-order valence-corrected chi connectivity index (χ2v) is 11.8. The fourth-order valence-electron chi connectivity index (χ4n) is 5.02. The van der Waals surface area contributed by atoms with Crippen LogP contribution in [0.1, 0.15) is 5.56 Å². The monoisotopic (exact) mass is 782 g/mol. The molecule has 3 heterocycles. The van der Waals surface area contributed by atoms with Gasteiger partial charge in [0.2, 0.25) is 12.2 Å². The van der Waals surface area contributed by atoms with E-state index in [2.05, 4.69) is 84.0 Å². The summed E-state index contributed by atoms with van der Waals surface area (Å²) in [6.07, 6.45) is -0.243. The average molecular weight is 782 g/mol. The summed E-state index contributed by atoms with van der Waals surface area (Å²) in [5.41, 5.74) is 22.3. The van der Waals surface area contributed by atoms with Crippen molar-refractivity contribution >= 4 is 74.3 Å². The summed E-state index contributed by atoms with van der Waals surface area (Å²) in [4.78, 5) is 55.0. The van der Waals surface area contributed by atoms with Gasteiger partial charge in [0, 0.05) is 10.9 Å². The van der Waals surface area contributed by atoms with E-state index in [0.717, 1.165) is 80.8 Å². The van der Waals surface area contributed by atoms with Crippen LogP contribution in [0.25, 0.3) is 66.8 Å². The van der Waals surface area contributed by atoms with E-state index in [1.54, 1.807) is 6.20 Å². The third-order valence-electron chi connectivity index (χ3n) is 7.15. The number of aromatic nitrogens is 4. The van der Waals surface area contributed by atoms with Crippen LogP contribution in [0.3, 0.4) is 0 Å². The van der Waals surface area contributed by atoms with Crippen LogP contribution in [0.4, 0.5) is 9.59 Å². The van der Waals surface area contributed by atoms with Crippen LogP contribution in [0.15, 0.2) is 72.9 Å². The fourth-order valence-corrected chi connectivity index (χ4v) is 5.91. The van der Waals surface area contributed by atoms with E-state index in [-0.39, 0.29) is 54.3 Å². The van der Waals surface area contributed by atoms with Crippen molar-refractivity contribution in [3.8, 4) is 39.3 Å². The molecular formula is C33H26N6O7P2V2. The number of methoxy groups -OCH3 is 2. The normalized spacial score (nSPS) is 11.1. The van der Waals surface area contributed by atoms with Gasteiger partial charge in [-0.25, -0.2) is 22.0 Å². The molecule has 2 atom stereocenters. The Morgan fingerprint density at radius 1 is 0.800 bits per heavy atom. The number of imidazole rings is 2. The summed E-state index contributed by atoms with van der Waals surface area (Å²) >= 11 is 0. The summed E-state index contributed by atoms with van der Waals surface area (Å²) in [5, 5.41) is 2.17. The Morgan fingerprint density at radius 2 is 1.42 bits per heavy atom. The van der Waals surface area contributed by atoms with E-state index in [9.17, 15) is 19.2 Å². The van der Waals surface area contributed by atoms with E-state index in [0.29, 0.717) is 17.7 Å². The molecule has 0 saturated carbocycles. The van der Waals surface area contributed by atoms with Crippen molar-refractivity contribution in [3.05, 3.63) is 90.0 Å². The van der Waals surface area contributed by atoms with Gasteiger partial charge in [-0.05, 0) is 57.5 Å². The number of ether oxygens (including phenoxy) is 3. The molecule has 13 nitrogen and oxygen atoms in total. The van der Waals surface area contributed by atoms with Crippen molar-refractivity contribution in [1.29, 1.82) is 0 Å². The number of carbonyl (C=O) groups is 2. The summed E-state index contributed by atoms with van der Waals surface area (Å²) in [6, 6.07) is 26.8. The number of amides is 2. The Hall–Kier alpha value is -4.47. The SMILES string of the molecule is COC([NH-])=O.COC([NH-])=O.O=[C-]Pc1ncc(-c2ccc3c(c2)COc2c-3ccc3cc(-c4ccc5nc(P[C-]=O)[nH]c5c4)ccc23)[nH]1.[V+2].[V+2]. The summed E-state index contributed by atoms with van der Waals surface area (Å²) in [6.45, 7) is 0.472. The molecule has 0 aliphatic carbocycles. The molecule has 0 fully saturated rings. The predicted molar refractivity (Wildman–Crippen MR) is 187 cm³/mol. The quantitative estimate of drug-likeness (QED) is 0.137. The molecule has 0 saturated heterocycles. The summed E-state index contributed by atoms with van der Waals surface area (Å²) in [5.74, 6) is 0.889. The maximum absolute atomic E-state index is 10.7. The minimum atomic E-state index is -0.995. The number of carbonyl (C=O) groups excluding carboxylic acids is 4. The molecule has 7 rings (SSSR count). The number of nitrogens with zero attached hydrogens (tertiary/aromatic N) is 2. The van der Waals surface area contributed by atoms with Gasteiger partial charge in [0.25, 0.3) is 0 Å². The maximum Gasteiger partial charge on any atom is 2.00 e. The van der Waals surface area contributed by atoms with Crippen molar-refractivity contribution in [2.24, 2.45) is 0 Å². The number of nitrogens with one attached hydrogen (secondary N) is 4. The van der Waals surface area contributed by atoms with Gasteiger partial charge < -0.3 is 45.2 Å². The Morgan fingerprint density at radius 3 is 2.10 bits per heavy atom. The Kier molecular flexibility index (Phi) is 14.8. The van der Waals surface area contributed by atoms with Gasteiger partial charge in [-0.2, -0.15) is 17.2 Å². The number of benzene rings is 4. The van der Waals surface area contributed by atoms with Crippen LogP contribution in [-0.2, 0) is 62.8 Å². The molecule has 4 aromatic carbocycles.